The van der Waals surface area contributed by atoms with Crippen molar-refractivity contribution in [2.24, 2.45) is 0 Å². The first-order valence-electron chi connectivity index (χ1n) is 10.4. The monoisotopic (exact) mass is 423 g/mol. The van der Waals surface area contributed by atoms with Gasteiger partial charge in [0.05, 0.1) is 23.1 Å². The molecule has 0 saturated carbocycles. The van der Waals surface area contributed by atoms with Gasteiger partial charge in [-0.1, -0.05) is 26.0 Å². The molecular formula is C23H29N5O3. The second-order valence-corrected chi connectivity index (χ2v) is 7.25. The highest BCUT2D eigenvalue weighted by molar-refractivity contribution is 5.92. The van der Waals surface area contributed by atoms with E-state index in [1.165, 1.54) is 12.1 Å². The molecule has 0 radical (unpaired) electrons. The molecule has 0 heterocycles. The van der Waals surface area contributed by atoms with Crippen LogP contribution in [0.15, 0.2) is 48.5 Å². The van der Waals surface area contributed by atoms with Gasteiger partial charge in [-0.15, -0.1) is 0 Å². The molecule has 0 unspecified atom stereocenters. The van der Waals surface area contributed by atoms with Crippen molar-refractivity contribution in [3.63, 3.8) is 0 Å². The minimum absolute atomic E-state index is 0.0513. The fourth-order valence-electron chi connectivity index (χ4n) is 3.28. The van der Waals surface area contributed by atoms with Crippen LogP contribution in [-0.2, 0) is 11.3 Å². The Labute approximate surface area is 183 Å². The molecule has 1 amide bonds. The van der Waals surface area contributed by atoms with Gasteiger partial charge in [-0.2, -0.15) is 5.26 Å². The molecule has 164 valence electrons. The maximum atomic E-state index is 12.6. The Morgan fingerprint density at radius 3 is 2.19 bits per heavy atom. The lowest BCUT2D eigenvalue weighted by atomic mass is 10.2. The van der Waals surface area contributed by atoms with Gasteiger partial charge in [0.2, 0.25) is 5.91 Å². The quantitative estimate of drug-likeness (QED) is 0.413. The van der Waals surface area contributed by atoms with Crippen molar-refractivity contribution in [1.29, 1.82) is 5.26 Å². The number of non-ortho nitro benzene ring substituents is 1. The van der Waals surface area contributed by atoms with Gasteiger partial charge in [-0.3, -0.25) is 19.8 Å². The van der Waals surface area contributed by atoms with Crippen LogP contribution in [0.5, 0.6) is 0 Å². The Kier molecular flexibility index (Phi) is 9.62. The number of nitriles is 1. The standard InChI is InChI=1S/C23H29N5O3/c1-3-26(4-2)14-5-15-27(17-20-8-12-22(13-9-20)28(30)31)18-23(29)25-21-10-6-19(16-24)7-11-21/h6-13H,3-5,14-15,17-18H2,1-2H3,(H,25,29). The number of amides is 1. The number of nitrogens with zero attached hydrogens (tertiary/aromatic N) is 4. The fraction of sp³-hybridized carbons (Fsp3) is 0.391. The Hall–Kier alpha value is -3.28. The second-order valence-electron chi connectivity index (χ2n) is 7.25. The molecule has 2 aromatic carbocycles. The third-order valence-corrected chi connectivity index (χ3v) is 5.06. The molecule has 0 atom stereocenters. The molecule has 31 heavy (non-hydrogen) atoms. The van der Waals surface area contributed by atoms with Crippen molar-refractivity contribution >= 4 is 17.3 Å². The van der Waals surface area contributed by atoms with Gasteiger partial charge in [-0.25, -0.2) is 0 Å². The number of nitro benzene ring substituents is 1. The number of benzene rings is 2. The lowest BCUT2D eigenvalue weighted by molar-refractivity contribution is -0.384. The summed E-state index contributed by atoms with van der Waals surface area (Å²) in [5, 5.41) is 22.6. The molecule has 0 aliphatic rings. The minimum atomic E-state index is -0.420. The summed E-state index contributed by atoms with van der Waals surface area (Å²) >= 11 is 0. The lowest BCUT2D eigenvalue weighted by Gasteiger charge is -2.24. The molecule has 0 spiro atoms. The van der Waals surface area contributed by atoms with Gasteiger partial charge in [0.25, 0.3) is 5.69 Å². The van der Waals surface area contributed by atoms with Gasteiger partial charge >= 0.3 is 0 Å². The van der Waals surface area contributed by atoms with E-state index in [-0.39, 0.29) is 18.1 Å². The van der Waals surface area contributed by atoms with Gasteiger partial charge < -0.3 is 10.2 Å². The molecule has 0 fully saturated rings. The molecule has 0 aromatic heterocycles. The van der Waals surface area contributed by atoms with Crippen LogP contribution >= 0.6 is 0 Å². The minimum Gasteiger partial charge on any atom is -0.325 e. The zero-order valence-electron chi connectivity index (χ0n) is 18.1. The van der Waals surface area contributed by atoms with Crippen LogP contribution in [-0.4, -0.2) is 53.4 Å². The second kappa shape index (κ2) is 12.4. The smallest absolute Gasteiger partial charge is 0.269 e. The fourth-order valence-corrected chi connectivity index (χ4v) is 3.28. The average molecular weight is 424 g/mol. The van der Waals surface area contributed by atoms with Crippen LogP contribution in [0, 0.1) is 21.4 Å². The van der Waals surface area contributed by atoms with Gasteiger partial charge in [-0.05, 0) is 55.9 Å². The van der Waals surface area contributed by atoms with Gasteiger partial charge in [0.15, 0.2) is 0 Å². The van der Waals surface area contributed by atoms with Gasteiger partial charge in [0, 0.05) is 30.9 Å². The first-order valence-corrected chi connectivity index (χ1v) is 10.4. The predicted molar refractivity (Wildman–Crippen MR) is 121 cm³/mol. The molecule has 8 heteroatoms. The lowest BCUT2D eigenvalue weighted by Crippen LogP contribution is -2.35. The number of nitro groups is 1. The number of nitrogens with one attached hydrogen (secondary N) is 1. The van der Waals surface area contributed by atoms with E-state index >= 15 is 0 Å². The van der Waals surface area contributed by atoms with E-state index < -0.39 is 4.92 Å². The van der Waals surface area contributed by atoms with E-state index in [0.29, 0.717) is 17.8 Å². The number of anilines is 1. The summed E-state index contributed by atoms with van der Waals surface area (Å²) in [6, 6.07) is 15.2. The molecule has 0 aliphatic carbocycles. The Balaban J connectivity index is 2.01. The molecule has 1 N–H and O–H groups in total. The highest BCUT2D eigenvalue weighted by atomic mass is 16.6. The maximum Gasteiger partial charge on any atom is 0.269 e. The van der Waals surface area contributed by atoms with Crippen molar-refractivity contribution in [1.82, 2.24) is 9.80 Å². The van der Waals surface area contributed by atoms with Crippen molar-refractivity contribution in [2.45, 2.75) is 26.8 Å². The molecule has 0 saturated heterocycles. The zero-order chi connectivity index (χ0) is 22.6. The normalized spacial score (nSPS) is 10.8. The van der Waals surface area contributed by atoms with Crippen molar-refractivity contribution < 1.29 is 9.72 Å². The van der Waals surface area contributed by atoms with Crippen LogP contribution in [0.2, 0.25) is 0 Å². The van der Waals surface area contributed by atoms with E-state index in [0.717, 1.165) is 38.2 Å². The Morgan fingerprint density at radius 1 is 1.03 bits per heavy atom. The SMILES string of the molecule is CCN(CC)CCCN(CC(=O)Nc1ccc(C#N)cc1)Cc1ccc([N+](=O)[O-])cc1. The number of hydrogen-bond acceptors (Lipinski definition) is 6. The molecular weight excluding hydrogens is 394 g/mol. The molecule has 0 aliphatic heterocycles. The van der Waals surface area contributed by atoms with Crippen LogP contribution in [0.25, 0.3) is 0 Å². The van der Waals surface area contributed by atoms with Crippen LogP contribution in [0.4, 0.5) is 11.4 Å². The van der Waals surface area contributed by atoms with Gasteiger partial charge in [0.1, 0.15) is 0 Å². The number of carbonyl (C=O) groups is 1. The summed E-state index contributed by atoms with van der Waals surface area (Å²) in [5.41, 5.74) is 2.15. The van der Waals surface area contributed by atoms with E-state index in [2.05, 4.69) is 30.1 Å². The maximum absolute atomic E-state index is 12.6. The third-order valence-electron chi connectivity index (χ3n) is 5.06. The van der Waals surface area contributed by atoms with Crippen LogP contribution < -0.4 is 5.32 Å². The first kappa shape index (κ1) is 24.0. The van der Waals surface area contributed by atoms with Crippen molar-refractivity contribution in [2.75, 3.05) is 38.0 Å². The molecule has 8 nitrogen and oxygen atoms in total. The van der Waals surface area contributed by atoms with E-state index in [1.54, 1.807) is 36.4 Å². The Morgan fingerprint density at radius 2 is 1.65 bits per heavy atom. The third kappa shape index (κ3) is 8.16. The van der Waals surface area contributed by atoms with E-state index in [1.807, 2.05) is 4.90 Å². The number of hydrogen-bond donors (Lipinski definition) is 1. The van der Waals surface area contributed by atoms with Crippen molar-refractivity contribution in [3.05, 3.63) is 69.8 Å². The topological polar surface area (TPSA) is 103 Å². The van der Waals surface area contributed by atoms with E-state index in [9.17, 15) is 14.9 Å². The number of rotatable bonds is 12. The van der Waals surface area contributed by atoms with E-state index in [4.69, 9.17) is 5.26 Å². The summed E-state index contributed by atoms with van der Waals surface area (Å²) < 4.78 is 0. The highest BCUT2D eigenvalue weighted by Crippen LogP contribution is 2.14. The molecule has 2 rings (SSSR count). The van der Waals surface area contributed by atoms with Crippen LogP contribution in [0.3, 0.4) is 0 Å². The molecule has 0 bridgehead atoms. The summed E-state index contributed by atoms with van der Waals surface area (Å²) in [6.07, 6.45) is 0.915. The summed E-state index contributed by atoms with van der Waals surface area (Å²) in [7, 11) is 0. The Bertz CT molecular complexity index is 887. The molecule has 2 aromatic rings. The first-order chi connectivity index (χ1) is 14.9. The summed E-state index contributed by atoms with van der Waals surface area (Å²) in [6.45, 7) is 8.63. The largest absolute Gasteiger partial charge is 0.325 e. The zero-order valence-corrected chi connectivity index (χ0v) is 18.1. The summed E-state index contributed by atoms with van der Waals surface area (Å²) in [5.74, 6) is -0.144. The number of carbonyl (C=O) groups excluding carboxylic acids is 1. The highest BCUT2D eigenvalue weighted by Gasteiger charge is 2.13. The predicted octanol–water partition coefficient (Wildman–Crippen LogP) is 3.64. The van der Waals surface area contributed by atoms with Crippen molar-refractivity contribution in [3.8, 4) is 6.07 Å². The summed E-state index contributed by atoms with van der Waals surface area (Å²) in [4.78, 5) is 27.4. The average Bonchev–Trinajstić information content (AvgIpc) is 2.77. The van der Waals surface area contributed by atoms with Crippen LogP contribution in [0.1, 0.15) is 31.4 Å².